The van der Waals surface area contributed by atoms with Gasteiger partial charge in [-0.05, 0) is 24.2 Å². The number of nitrogens with one attached hydrogen (secondary N) is 2. The molecule has 1 heterocycles. The number of aromatic nitrogens is 2. The van der Waals surface area contributed by atoms with Gasteiger partial charge in [-0.1, -0.05) is 13.8 Å². The van der Waals surface area contributed by atoms with Crippen molar-refractivity contribution in [3.8, 4) is 0 Å². The molecule has 94 valence electrons. The van der Waals surface area contributed by atoms with Gasteiger partial charge in [0, 0.05) is 6.54 Å². The average Bonchev–Trinajstić information content (AvgIpc) is 3.09. The van der Waals surface area contributed by atoms with Gasteiger partial charge in [0.1, 0.15) is 0 Å². The lowest BCUT2D eigenvalue weighted by Crippen LogP contribution is -2.22. The van der Waals surface area contributed by atoms with Gasteiger partial charge < -0.3 is 5.32 Å². The van der Waals surface area contributed by atoms with E-state index in [1.54, 1.807) is 0 Å². The largest absolute Gasteiger partial charge is 0.367 e. The molecule has 0 radical (unpaired) electrons. The van der Waals surface area contributed by atoms with Gasteiger partial charge in [0.15, 0.2) is 11.6 Å². The van der Waals surface area contributed by atoms with Crippen molar-refractivity contribution in [2.75, 3.05) is 17.3 Å². The number of hydrogen-bond acceptors (Lipinski definition) is 5. The van der Waals surface area contributed by atoms with Gasteiger partial charge in [0.25, 0.3) is 0 Å². The maximum Gasteiger partial charge on any atom is 0.239 e. The Morgan fingerprint density at radius 3 is 2.76 bits per heavy atom. The van der Waals surface area contributed by atoms with Crippen molar-refractivity contribution in [2.24, 2.45) is 17.2 Å². The predicted octanol–water partition coefficient (Wildman–Crippen LogP) is 1.75. The molecule has 0 aliphatic heterocycles. The molecule has 1 aromatic heterocycles. The summed E-state index contributed by atoms with van der Waals surface area (Å²) < 4.78 is 13.4. The van der Waals surface area contributed by atoms with Gasteiger partial charge in [0.2, 0.25) is 5.95 Å². The zero-order chi connectivity index (χ0) is 12.5. The van der Waals surface area contributed by atoms with E-state index in [1.165, 1.54) is 12.8 Å². The van der Waals surface area contributed by atoms with E-state index in [0.717, 1.165) is 12.7 Å². The van der Waals surface area contributed by atoms with E-state index >= 15 is 0 Å². The standard InChI is InChI=1S/C11H18FN5/c1-7(2)11(3-4-11)6-15-9-8(12)5-14-10(16-9)17-13/h5,7H,3-4,6,13H2,1-2H3,(H2,14,15,16,17). The fourth-order valence-corrected chi connectivity index (χ4v) is 1.94. The molecular formula is C11H18FN5. The van der Waals surface area contributed by atoms with Crippen molar-refractivity contribution < 1.29 is 4.39 Å². The lowest BCUT2D eigenvalue weighted by atomic mass is 9.92. The number of nitrogens with two attached hydrogens (primary N) is 1. The van der Waals surface area contributed by atoms with Crippen molar-refractivity contribution in [3.05, 3.63) is 12.0 Å². The maximum atomic E-state index is 13.4. The van der Waals surface area contributed by atoms with E-state index in [2.05, 4.69) is 34.6 Å². The Morgan fingerprint density at radius 2 is 2.24 bits per heavy atom. The summed E-state index contributed by atoms with van der Waals surface area (Å²) >= 11 is 0. The second kappa shape index (κ2) is 4.44. The second-order valence-electron chi connectivity index (χ2n) is 4.91. The summed E-state index contributed by atoms with van der Waals surface area (Å²) in [6, 6.07) is 0. The number of anilines is 2. The average molecular weight is 239 g/mol. The van der Waals surface area contributed by atoms with Crippen LogP contribution in [0.1, 0.15) is 26.7 Å². The lowest BCUT2D eigenvalue weighted by Gasteiger charge is -2.20. The molecule has 0 aromatic carbocycles. The molecule has 2 rings (SSSR count). The summed E-state index contributed by atoms with van der Waals surface area (Å²) in [6.07, 6.45) is 3.48. The van der Waals surface area contributed by atoms with Gasteiger partial charge in [0.05, 0.1) is 6.20 Å². The van der Waals surface area contributed by atoms with E-state index < -0.39 is 5.82 Å². The Kier molecular flexibility index (Phi) is 3.15. The lowest BCUT2D eigenvalue weighted by molar-refractivity contribution is 0.379. The summed E-state index contributed by atoms with van der Waals surface area (Å²) in [5.41, 5.74) is 2.60. The minimum Gasteiger partial charge on any atom is -0.367 e. The summed E-state index contributed by atoms with van der Waals surface area (Å²) in [5.74, 6) is 5.74. The van der Waals surface area contributed by atoms with Crippen molar-refractivity contribution in [1.29, 1.82) is 0 Å². The zero-order valence-corrected chi connectivity index (χ0v) is 10.1. The first-order valence-electron chi connectivity index (χ1n) is 5.80. The van der Waals surface area contributed by atoms with Crippen LogP contribution in [0.2, 0.25) is 0 Å². The van der Waals surface area contributed by atoms with E-state index in [-0.39, 0.29) is 11.8 Å². The first-order valence-corrected chi connectivity index (χ1v) is 5.80. The van der Waals surface area contributed by atoms with Crippen molar-refractivity contribution in [1.82, 2.24) is 9.97 Å². The van der Waals surface area contributed by atoms with Crippen LogP contribution in [0.5, 0.6) is 0 Å². The van der Waals surface area contributed by atoms with Crippen LogP contribution < -0.4 is 16.6 Å². The fraction of sp³-hybridized carbons (Fsp3) is 0.636. The fourth-order valence-electron chi connectivity index (χ4n) is 1.94. The Labute approximate surface area is 100.0 Å². The van der Waals surface area contributed by atoms with E-state index in [9.17, 15) is 4.39 Å². The topological polar surface area (TPSA) is 75.9 Å². The van der Waals surface area contributed by atoms with Crippen LogP contribution in [0.15, 0.2) is 6.20 Å². The number of halogens is 1. The van der Waals surface area contributed by atoms with Crippen molar-refractivity contribution >= 4 is 11.8 Å². The Hall–Kier alpha value is -1.43. The molecule has 0 saturated heterocycles. The van der Waals surface area contributed by atoms with Crippen molar-refractivity contribution in [2.45, 2.75) is 26.7 Å². The monoisotopic (exact) mass is 239 g/mol. The number of rotatable bonds is 5. The highest BCUT2D eigenvalue weighted by Gasteiger charge is 2.45. The molecule has 17 heavy (non-hydrogen) atoms. The molecule has 5 nitrogen and oxygen atoms in total. The Morgan fingerprint density at radius 1 is 1.53 bits per heavy atom. The van der Waals surface area contributed by atoms with Crippen LogP contribution in [0.3, 0.4) is 0 Å². The molecule has 0 amide bonds. The third-order valence-corrected chi connectivity index (χ3v) is 3.60. The molecule has 0 unspecified atom stereocenters. The molecular weight excluding hydrogens is 221 g/mol. The molecule has 1 aromatic rings. The van der Waals surface area contributed by atoms with Gasteiger partial charge >= 0.3 is 0 Å². The molecule has 0 spiro atoms. The molecule has 1 aliphatic rings. The summed E-state index contributed by atoms with van der Waals surface area (Å²) in [4.78, 5) is 7.64. The molecule has 4 N–H and O–H groups in total. The maximum absolute atomic E-state index is 13.4. The van der Waals surface area contributed by atoms with E-state index in [0.29, 0.717) is 11.3 Å². The first-order chi connectivity index (χ1) is 8.07. The zero-order valence-electron chi connectivity index (χ0n) is 10.1. The quantitative estimate of drug-likeness (QED) is 0.539. The van der Waals surface area contributed by atoms with E-state index in [1.807, 2.05) is 0 Å². The first kappa shape index (κ1) is 12.0. The minimum atomic E-state index is -0.455. The van der Waals surface area contributed by atoms with Gasteiger partial charge in [-0.2, -0.15) is 4.98 Å². The molecule has 1 saturated carbocycles. The molecule has 1 fully saturated rings. The van der Waals surface area contributed by atoms with E-state index in [4.69, 9.17) is 5.84 Å². The number of nitrogens with zero attached hydrogens (tertiary/aromatic N) is 2. The van der Waals surface area contributed by atoms with Crippen LogP contribution in [0, 0.1) is 17.2 Å². The highest BCUT2D eigenvalue weighted by atomic mass is 19.1. The van der Waals surface area contributed by atoms with Gasteiger partial charge in [-0.15, -0.1) is 0 Å². The SMILES string of the molecule is CC(C)C1(CNc2nc(NN)ncc2F)CC1. The third kappa shape index (κ3) is 2.46. The van der Waals surface area contributed by atoms with Crippen LogP contribution in [0.4, 0.5) is 16.2 Å². The summed E-state index contributed by atoms with van der Waals surface area (Å²) in [7, 11) is 0. The van der Waals surface area contributed by atoms with Crippen LogP contribution >= 0.6 is 0 Å². The number of nitrogen functional groups attached to an aromatic ring is 1. The summed E-state index contributed by atoms with van der Waals surface area (Å²) in [6.45, 7) is 5.12. The highest BCUT2D eigenvalue weighted by molar-refractivity contribution is 5.41. The van der Waals surface area contributed by atoms with Gasteiger partial charge in [-0.25, -0.2) is 15.2 Å². The van der Waals surface area contributed by atoms with Crippen molar-refractivity contribution in [3.63, 3.8) is 0 Å². The molecule has 1 aliphatic carbocycles. The molecule has 0 atom stereocenters. The second-order valence-corrected chi connectivity index (χ2v) is 4.91. The Balaban J connectivity index is 2.04. The van der Waals surface area contributed by atoms with Crippen LogP contribution in [-0.4, -0.2) is 16.5 Å². The normalized spacial score (nSPS) is 17.0. The van der Waals surface area contributed by atoms with Gasteiger partial charge in [-0.3, -0.25) is 5.43 Å². The third-order valence-electron chi connectivity index (χ3n) is 3.60. The number of hydrazine groups is 1. The predicted molar refractivity (Wildman–Crippen MR) is 64.8 cm³/mol. The summed E-state index contributed by atoms with van der Waals surface area (Å²) in [5, 5.41) is 3.05. The highest BCUT2D eigenvalue weighted by Crippen LogP contribution is 2.51. The van der Waals surface area contributed by atoms with Crippen LogP contribution in [-0.2, 0) is 0 Å². The number of hydrogen-bond donors (Lipinski definition) is 3. The molecule has 6 heteroatoms. The smallest absolute Gasteiger partial charge is 0.239 e. The Bertz CT molecular complexity index is 403. The molecule has 0 bridgehead atoms. The van der Waals surface area contributed by atoms with Crippen LogP contribution in [0.25, 0.3) is 0 Å². The minimum absolute atomic E-state index is 0.208.